The topological polar surface area (TPSA) is 89.9 Å². The quantitative estimate of drug-likeness (QED) is 0.678. The van der Waals surface area contributed by atoms with E-state index in [2.05, 4.69) is 0 Å². The van der Waals surface area contributed by atoms with Crippen LogP contribution in [0.1, 0.15) is 42.6 Å². The fourth-order valence-corrected chi connectivity index (χ4v) is 2.89. The molecule has 1 N–H and O–H groups in total. The SMILES string of the molecule is CCCOc1cc(O)c2c(c1)C1=CC(=O)C(=O)CC1(C)OC2=O. The zero-order chi connectivity index (χ0) is 16.8. The lowest BCUT2D eigenvalue weighted by molar-refractivity contribution is -0.136. The molecule has 0 saturated heterocycles. The summed E-state index contributed by atoms with van der Waals surface area (Å²) in [5, 5.41) is 10.1. The fourth-order valence-electron chi connectivity index (χ4n) is 2.89. The lowest BCUT2D eigenvalue weighted by Crippen LogP contribution is -2.44. The van der Waals surface area contributed by atoms with Crippen molar-refractivity contribution in [3.63, 3.8) is 0 Å². The van der Waals surface area contributed by atoms with Crippen LogP contribution in [0.15, 0.2) is 18.2 Å². The van der Waals surface area contributed by atoms with Gasteiger partial charge in [0.25, 0.3) is 0 Å². The third-order valence-corrected chi connectivity index (χ3v) is 3.99. The molecule has 6 heteroatoms. The van der Waals surface area contributed by atoms with Crippen LogP contribution < -0.4 is 4.74 Å². The van der Waals surface area contributed by atoms with E-state index in [1.807, 2.05) is 6.92 Å². The van der Waals surface area contributed by atoms with Crippen molar-refractivity contribution in [2.75, 3.05) is 6.61 Å². The van der Waals surface area contributed by atoms with Crippen LogP contribution in [-0.4, -0.2) is 34.9 Å². The number of carbonyl (C=O) groups is 3. The molecule has 0 saturated carbocycles. The first-order valence-electron chi connectivity index (χ1n) is 7.38. The van der Waals surface area contributed by atoms with Gasteiger partial charge in [-0.2, -0.15) is 0 Å². The van der Waals surface area contributed by atoms with Gasteiger partial charge in [0.1, 0.15) is 22.7 Å². The Bertz CT molecular complexity index is 761. The van der Waals surface area contributed by atoms with E-state index in [9.17, 15) is 19.5 Å². The van der Waals surface area contributed by atoms with Crippen molar-refractivity contribution in [3.8, 4) is 11.5 Å². The molecular weight excluding hydrogens is 300 g/mol. The van der Waals surface area contributed by atoms with Crippen molar-refractivity contribution in [1.82, 2.24) is 0 Å². The highest BCUT2D eigenvalue weighted by atomic mass is 16.6. The second kappa shape index (κ2) is 5.22. The molecule has 0 radical (unpaired) electrons. The van der Waals surface area contributed by atoms with Gasteiger partial charge >= 0.3 is 5.97 Å². The van der Waals surface area contributed by atoms with Crippen LogP contribution in [0.4, 0.5) is 0 Å². The molecule has 0 bridgehead atoms. The highest BCUT2D eigenvalue weighted by Crippen LogP contribution is 2.46. The van der Waals surface area contributed by atoms with E-state index in [4.69, 9.17) is 9.47 Å². The monoisotopic (exact) mass is 316 g/mol. The third-order valence-electron chi connectivity index (χ3n) is 3.99. The molecule has 1 heterocycles. The van der Waals surface area contributed by atoms with Crippen LogP contribution >= 0.6 is 0 Å². The van der Waals surface area contributed by atoms with E-state index in [-0.39, 0.29) is 17.7 Å². The zero-order valence-electron chi connectivity index (χ0n) is 12.8. The normalized spacial score (nSPS) is 22.9. The number of hydrogen-bond acceptors (Lipinski definition) is 6. The Labute approximate surface area is 132 Å². The van der Waals surface area contributed by atoms with Crippen molar-refractivity contribution in [3.05, 3.63) is 29.3 Å². The maximum atomic E-state index is 12.2. The Morgan fingerprint density at radius 1 is 1.30 bits per heavy atom. The molecular formula is C17H16O6. The first kappa shape index (κ1) is 15.3. The van der Waals surface area contributed by atoms with Gasteiger partial charge in [-0.1, -0.05) is 6.92 Å². The van der Waals surface area contributed by atoms with Crippen molar-refractivity contribution < 1.29 is 29.0 Å². The minimum absolute atomic E-state index is 0.0141. The van der Waals surface area contributed by atoms with E-state index in [0.717, 1.165) is 6.42 Å². The van der Waals surface area contributed by atoms with E-state index in [1.54, 1.807) is 13.0 Å². The molecule has 120 valence electrons. The predicted molar refractivity (Wildman–Crippen MR) is 80.3 cm³/mol. The van der Waals surface area contributed by atoms with Crippen LogP contribution in [0.5, 0.6) is 11.5 Å². The third kappa shape index (κ3) is 2.40. The second-order valence-electron chi connectivity index (χ2n) is 5.86. The number of phenolic OH excluding ortho intramolecular Hbond substituents is 1. The standard InChI is InChI=1S/C17H16O6/c1-3-4-22-9-5-10-11-7-12(18)14(20)8-17(11,2)23-16(21)15(10)13(19)6-9/h5-7,19H,3-4,8H2,1-2H3. The first-order chi connectivity index (χ1) is 10.9. The number of ketones is 2. The van der Waals surface area contributed by atoms with Crippen LogP contribution in [0.25, 0.3) is 5.57 Å². The number of allylic oxidation sites excluding steroid dienone is 1. The average molecular weight is 316 g/mol. The highest BCUT2D eigenvalue weighted by molar-refractivity contribution is 6.44. The minimum atomic E-state index is -1.20. The second-order valence-corrected chi connectivity index (χ2v) is 5.86. The molecule has 0 fully saturated rings. The Balaban J connectivity index is 2.19. The van der Waals surface area contributed by atoms with Gasteiger partial charge in [-0.3, -0.25) is 9.59 Å². The van der Waals surface area contributed by atoms with Crippen LogP contribution in [0.2, 0.25) is 0 Å². The first-order valence-corrected chi connectivity index (χ1v) is 7.38. The number of hydrogen-bond donors (Lipinski definition) is 1. The highest BCUT2D eigenvalue weighted by Gasteiger charge is 2.47. The summed E-state index contributed by atoms with van der Waals surface area (Å²) in [6.07, 6.45) is 1.76. The molecule has 23 heavy (non-hydrogen) atoms. The molecule has 0 aromatic heterocycles. The van der Waals surface area contributed by atoms with Crippen molar-refractivity contribution in [2.45, 2.75) is 32.3 Å². The molecule has 0 amide bonds. The maximum absolute atomic E-state index is 12.2. The molecule has 1 aromatic rings. The predicted octanol–water partition coefficient (Wildman–Crippen LogP) is 2.04. The molecule has 1 aliphatic carbocycles. The van der Waals surface area contributed by atoms with Crippen LogP contribution in [0, 0.1) is 0 Å². The molecule has 1 aromatic carbocycles. The molecule has 1 atom stereocenters. The molecule has 2 aliphatic rings. The van der Waals surface area contributed by atoms with Crippen molar-refractivity contribution in [1.29, 1.82) is 0 Å². The van der Waals surface area contributed by atoms with Crippen LogP contribution in [-0.2, 0) is 14.3 Å². The summed E-state index contributed by atoms with van der Waals surface area (Å²) in [4.78, 5) is 35.7. The van der Waals surface area contributed by atoms with E-state index in [1.165, 1.54) is 12.1 Å². The van der Waals surface area contributed by atoms with Gasteiger partial charge in [0.2, 0.25) is 11.6 Å². The van der Waals surface area contributed by atoms with E-state index in [0.29, 0.717) is 23.5 Å². The summed E-state index contributed by atoms with van der Waals surface area (Å²) < 4.78 is 10.9. The number of carbonyl (C=O) groups excluding carboxylic acids is 3. The van der Waals surface area contributed by atoms with Gasteiger partial charge in [-0.25, -0.2) is 4.79 Å². The number of esters is 1. The fraction of sp³-hybridized carbons (Fsp3) is 0.353. The summed E-state index contributed by atoms with van der Waals surface area (Å²) in [5.74, 6) is -1.84. The van der Waals surface area contributed by atoms with E-state index < -0.39 is 23.1 Å². The lowest BCUT2D eigenvalue weighted by atomic mass is 9.76. The summed E-state index contributed by atoms with van der Waals surface area (Å²) in [5.41, 5.74) is -0.436. The molecule has 1 unspecified atom stereocenters. The Kier molecular flexibility index (Phi) is 3.47. The maximum Gasteiger partial charge on any atom is 0.343 e. The Morgan fingerprint density at radius 3 is 2.74 bits per heavy atom. The largest absolute Gasteiger partial charge is 0.507 e. The number of benzene rings is 1. The number of aromatic hydroxyl groups is 1. The van der Waals surface area contributed by atoms with Gasteiger partial charge in [-0.15, -0.1) is 0 Å². The summed E-state index contributed by atoms with van der Waals surface area (Å²) in [7, 11) is 0. The molecule has 1 aliphatic heterocycles. The number of rotatable bonds is 3. The Morgan fingerprint density at radius 2 is 2.04 bits per heavy atom. The minimum Gasteiger partial charge on any atom is -0.507 e. The van der Waals surface area contributed by atoms with Gasteiger partial charge in [-0.05, 0) is 25.5 Å². The Hall–Kier alpha value is -2.63. The van der Waals surface area contributed by atoms with Gasteiger partial charge < -0.3 is 14.6 Å². The number of Topliss-reactive ketones (excluding diaryl/α,β-unsaturated/α-hetero) is 1. The van der Waals surface area contributed by atoms with Gasteiger partial charge in [0.05, 0.1) is 13.0 Å². The molecule has 6 nitrogen and oxygen atoms in total. The number of fused-ring (bicyclic) bond motifs is 3. The van der Waals surface area contributed by atoms with Gasteiger partial charge in [0.15, 0.2) is 0 Å². The van der Waals surface area contributed by atoms with Crippen molar-refractivity contribution >= 4 is 23.1 Å². The number of phenols is 1. The lowest BCUT2D eigenvalue weighted by Gasteiger charge is -2.38. The van der Waals surface area contributed by atoms with Gasteiger partial charge in [0, 0.05) is 17.2 Å². The van der Waals surface area contributed by atoms with Crippen LogP contribution in [0.3, 0.4) is 0 Å². The zero-order valence-corrected chi connectivity index (χ0v) is 12.8. The summed E-state index contributed by atoms with van der Waals surface area (Å²) in [6.45, 7) is 3.98. The average Bonchev–Trinajstić information content (AvgIpc) is 2.47. The smallest absolute Gasteiger partial charge is 0.343 e. The van der Waals surface area contributed by atoms with E-state index >= 15 is 0 Å². The molecule has 3 rings (SSSR count). The van der Waals surface area contributed by atoms with Crippen molar-refractivity contribution in [2.24, 2.45) is 0 Å². The molecule has 0 spiro atoms. The summed E-state index contributed by atoms with van der Waals surface area (Å²) in [6, 6.07) is 2.94. The summed E-state index contributed by atoms with van der Waals surface area (Å²) >= 11 is 0. The number of ether oxygens (including phenoxy) is 2.